The van der Waals surface area contributed by atoms with E-state index in [4.69, 9.17) is 0 Å². The summed E-state index contributed by atoms with van der Waals surface area (Å²) in [5.41, 5.74) is 0. The molecule has 2 N–H and O–H groups in total. The van der Waals surface area contributed by atoms with Crippen LogP contribution >= 0.6 is 25.3 Å². The van der Waals surface area contributed by atoms with E-state index in [0.717, 1.165) is 0 Å². The normalized spacial score (nSPS) is 18.6. The summed E-state index contributed by atoms with van der Waals surface area (Å²) < 4.78 is 0. The van der Waals surface area contributed by atoms with Crippen LogP contribution in [0.25, 0.3) is 0 Å². The van der Waals surface area contributed by atoms with Gasteiger partial charge in [-0.15, -0.1) is 0 Å². The molecule has 0 saturated carbocycles. The highest BCUT2D eigenvalue weighted by atomic mass is 32.1. The summed E-state index contributed by atoms with van der Waals surface area (Å²) in [6, 6.07) is 0. The lowest BCUT2D eigenvalue weighted by molar-refractivity contribution is -0.156. The van der Waals surface area contributed by atoms with E-state index in [-0.39, 0.29) is 0 Å². The van der Waals surface area contributed by atoms with Gasteiger partial charge in [-0.25, -0.2) is 0 Å². The number of aliphatic hydroxyl groups is 2. The molecule has 0 saturated heterocycles. The number of rotatable bonds is 3. The van der Waals surface area contributed by atoms with Crippen molar-refractivity contribution in [2.45, 2.75) is 36.6 Å². The van der Waals surface area contributed by atoms with Crippen LogP contribution in [0.5, 0.6) is 0 Å². The van der Waals surface area contributed by atoms with Gasteiger partial charge in [0.1, 0.15) is 0 Å². The first-order valence-electron chi connectivity index (χ1n) is 3.23. The lowest BCUT2D eigenvalue weighted by atomic mass is 10.1. The quantitative estimate of drug-likeness (QED) is 0.383. The van der Waals surface area contributed by atoms with Crippen molar-refractivity contribution in [3.63, 3.8) is 0 Å². The molecule has 0 rings (SSSR count). The van der Waals surface area contributed by atoms with E-state index < -0.39 is 16.3 Å². The molecule has 2 unspecified atom stereocenters. The molecule has 0 aromatic rings. The highest BCUT2D eigenvalue weighted by Crippen LogP contribution is 2.22. The van der Waals surface area contributed by atoms with Crippen LogP contribution in [0.4, 0.5) is 0 Å². The molecule has 0 aromatic heterocycles. The Kier molecular flexibility index (Phi) is 4.09. The predicted molar refractivity (Wildman–Crippen MR) is 48.7 cm³/mol. The molecule has 0 radical (unpaired) electrons. The van der Waals surface area contributed by atoms with Crippen LogP contribution in [-0.2, 0) is 0 Å². The van der Waals surface area contributed by atoms with Crippen molar-refractivity contribution in [1.29, 1.82) is 0 Å². The van der Waals surface area contributed by atoms with Crippen LogP contribution in [0.1, 0.15) is 20.3 Å². The van der Waals surface area contributed by atoms with Gasteiger partial charge >= 0.3 is 0 Å². The summed E-state index contributed by atoms with van der Waals surface area (Å²) in [7, 11) is 0. The fourth-order valence-corrected chi connectivity index (χ4v) is 1.10. The number of hydrogen-bond acceptors (Lipinski definition) is 4. The molecule has 0 spiro atoms. The highest BCUT2D eigenvalue weighted by Gasteiger charge is 2.34. The van der Waals surface area contributed by atoms with Crippen LogP contribution in [0.15, 0.2) is 0 Å². The van der Waals surface area contributed by atoms with Crippen molar-refractivity contribution in [3.8, 4) is 0 Å². The molecule has 0 fully saturated rings. The van der Waals surface area contributed by atoms with Crippen molar-refractivity contribution in [3.05, 3.63) is 0 Å². The second-order valence-corrected chi connectivity index (χ2v) is 3.78. The maximum atomic E-state index is 9.26. The summed E-state index contributed by atoms with van der Waals surface area (Å²) in [4.78, 5) is 0. The Hall–Kier alpha value is 0.620. The molecule has 0 aromatic carbocycles. The average Bonchev–Trinajstić information content (AvgIpc) is 1.86. The monoisotopic (exact) mass is 182 g/mol. The van der Waals surface area contributed by atoms with Gasteiger partial charge in [-0.2, -0.15) is 25.3 Å². The van der Waals surface area contributed by atoms with Crippen LogP contribution in [-0.4, -0.2) is 26.5 Å². The SMILES string of the molecule is CCC(S)C(O)(O)C(C)S. The maximum Gasteiger partial charge on any atom is 0.186 e. The minimum Gasteiger partial charge on any atom is -0.364 e. The molecular weight excluding hydrogens is 168 g/mol. The molecule has 0 aliphatic heterocycles. The first-order valence-corrected chi connectivity index (χ1v) is 4.27. The van der Waals surface area contributed by atoms with E-state index in [9.17, 15) is 10.2 Å². The zero-order chi connectivity index (χ0) is 8.36. The summed E-state index contributed by atoms with van der Waals surface area (Å²) in [6.45, 7) is 3.47. The van der Waals surface area contributed by atoms with Gasteiger partial charge in [0.05, 0.1) is 10.5 Å². The Labute approximate surface area is 72.5 Å². The van der Waals surface area contributed by atoms with Crippen LogP contribution in [0.3, 0.4) is 0 Å². The Balaban J connectivity index is 4.09. The van der Waals surface area contributed by atoms with E-state index >= 15 is 0 Å². The van der Waals surface area contributed by atoms with Crippen molar-refractivity contribution >= 4 is 25.3 Å². The van der Waals surface area contributed by atoms with Gasteiger partial charge in [-0.1, -0.05) is 6.92 Å². The topological polar surface area (TPSA) is 40.5 Å². The zero-order valence-corrected chi connectivity index (χ0v) is 7.94. The molecule has 0 heterocycles. The Morgan fingerprint density at radius 3 is 1.90 bits per heavy atom. The van der Waals surface area contributed by atoms with Gasteiger partial charge in [0.25, 0.3) is 0 Å². The third-order valence-corrected chi connectivity index (χ3v) is 2.62. The van der Waals surface area contributed by atoms with Gasteiger partial charge in [0.15, 0.2) is 5.79 Å². The number of thiol groups is 2. The Morgan fingerprint density at radius 2 is 1.80 bits per heavy atom. The van der Waals surface area contributed by atoms with E-state index in [0.29, 0.717) is 6.42 Å². The second-order valence-electron chi connectivity index (χ2n) is 2.38. The van der Waals surface area contributed by atoms with E-state index in [2.05, 4.69) is 25.3 Å². The van der Waals surface area contributed by atoms with Gasteiger partial charge in [0.2, 0.25) is 0 Å². The molecule has 0 aliphatic carbocycles. The van der Waals surface area contributed by atoms with Crippen LogP contribution < -0.4 is 0 Å². The summed E-state index contributed by atoms with van der Waals surface area (Å²) >= 11 is 7.92. The van der Waals surface area contributed by atoms with E-state index in [1.54, 1.807) is 6.92 Å². The van der Waals surface area contributed by atoms with Crippen molar-refractivity contribution in [1.82, 2.24) is 0 Å². The smallest absolute Gasteiger partial charge is 0.186 e. The molecular formula is C6H14O2S2. The first kappa shape index (κ1) is 10.6. The molecule has 62 valence electrons. The summed E-state index contributed by atoms with van der Waals surface area (Å²) in [5.74, 6) is -1.76. The minimum atomic E-state index is -1.76. The summed E-state index contributed by atoms with van der Waals surface area (Å²) in [6.07, 6.45) is 0.612. The molecule has 2 atom stereocenters. The Morgan fingerprint density at radius 1 is 1.40 bits per heavy atom. The van der Waals surface area contributed by atoms with Gasteiger partial charge in [0, 0.05) is 0 Å². The third kappa shape index (κ3) is 2.34. The molecule has 4 heteroatoms. The van der Waals surface area contributed by atoms with Crippen molar-refractivity contribution in [2.24, 2.45) is 0 Å². The van der Waals surface area contributed by atoms with Gasteiger partial charge < -0.3 is 10.2 Å². The predicted octanol–water partition coefficient (Wildman–Crippen LogP) is 0.694. The molecule has 2 nitrogen and oxygen atoms in total. The maximum absolute atomic E-state index is 9.26. The van der Waals surface area contributed by atoms with Crippen molar-refractivity contribution < 1.29 is 10.2 Å². The fraction of sp³-hybridized carbons (Fsp3) is 1.00. The molecule has 0 amide bonds. The number of hydrogen-bond donors (Lipinski definition) is 4. The van der Waals surface area contributed by atoms with Crippen LogP contribution in [0.2, 0.25) is 0 Å². The van der Waals surface area contributed by atoms with E-state index in [1.165, 1.54) is 0 Å². The minimum absolute atomic E-state index is 0.431. The first-order chi connectivity index (χ1) is 4.42. The Bertz CT molecular complexity index is 104. The lowest BCUT2D eigenvalue weighted by Gasteiger charge is -2.30. The highest BCUT2D eigenvalue weighted by molar-refractivity contribution is 7.82. The summed E-state index contributed by atoms with van der Waals surface area (Å²) in [5, 5.41) is 17.6. The second kappa shape index (κ2) is 3.85. The van der Waals surface area contributed by atoms with Gasteiger partial charge in [-0.05, 0) is 13.3 Å². The largest absolute Gasteiger partial charge is 0.364 e. The molecule has 0 bridgehead atoms. The fourth-order valence-electron chi connectivity index (χ4n) is 0.579. The van der Waals surface area contributed by atoms with Gasteiger partial charge in [-0.3, -0.25) is 0 Å². The standard InChI is InChI=1S/C6H14O2S2/c1-3-5(10)6(7,8)4(2)9/h4-5,7-10H,3H2,1-2H3. The lowest BCUT2D eigenvalue weighted by Crippen LogP contribution is -2.45. The average molecular weight is 182 g/mol. The van der Waals surface area contributed by atoms with Crippen molar-refractivity contribution in [2.75, 3.05) is 0 Å². The van der Waals surface area contributed by atoms with E-state index in [1.807, 2.05) is 6.92 Å². The zero-order valence-electron chi connectivity index (χ0n) is 6.15. The third-order valence-electron chi connectivity index (χ3n) is 1.49. The van der Waals surface area contributed by atoms with Crippen LogP contribution in [0, 0.1) is 0 Å². The molecule has 0 aliphatic rings. The molecule has 10 heavy (non-hydrogen) atoms.